The Morgan fingerprint density at radius 1 is 0.611 bits per heavy atom. The number of terminal acetylenes is 1. The van der Waals surface area contributed by atoms with Crippen LogP contribution >= 0.6 is 31.9 Å². The van der Waals surface area contributed by atoms with Crippen molar-refractivity contribution in [3.05, 3.63) is 0 Å². The lowest BCUT2D eigenvalue weighted by molar-refractivity contribution is -0.172. The Kier molecular flexibility index (Phi) is 17.5. The van der Waals surface area contributed by atoms with Crippen LogP contribution in [-0.4, -0.2) is 99.2 Å². The average Bonchev–Trinajstić information content (AvgIpc) is 2.79. The number of rotatable bonds is 20. The molecule has 208 valence electrons. The summed E-state index contributed by atoms with van der Waals surface area (Å²) in [7, 11) is 0. The maximum absolute atomic E-state index is 12.8. The molecule has 36 heavy (non-hydrogen) atoms. The van der Waals surface area contributed by atoms with E-state index in [9.17, 15) is 14.4 Å². The summed E-state index contributed by atoms with van der Waals surface area (Å²) in [6.45, 7) is 9.99. The predicted molar refractivity (Wildman–Crippen MR) is 139 cm³/mol. The third-order valence-electron chi connectivity index (χ3n) is 4.27. The smallest absolute Gasteiger partial charge is 0.322 e. The number of carbonyl (C=O) groups excluding carboxylic acids is 3. The maximum Gasteiger partial charge on any atom is 0.322 e. The van der Waals surface area contributed by atoms with Crippen molar-refractivity contribution in [2.24, 2.45) is 5.41 Å². The molecule has 0 rings (SSSR count). The highest BCUT2D eigenvalue weighted by Crippen LogP contribution is 2.25. The monoisotopic (exact) mass is 644 g/mol. The number of ether oxygens (including phenoxy) is 7. The van der Waals surface area contributed by atoms with Gasteiger partial charge in [0, 0.05) is 0 Å². The molecule has 0 aromatic heterocycles. The van der Waals surface area contributed by atoms with E-state index >= 15 is 0 Å². The van der Waals surface area contributed by atoms with E-state index in [0.717, 1.165) is 0 Å². The van der Waals surface area contributed by atoms with E-state index in [1.807, 2.05) is 0 Å². The van der Waals surface area contributed by atoms with Gasteiger partial charge in [-0.3, -0.25) is 14.4 Å². The van der Waals surface area contributed by atoms with Gasteiger partial charge in [-0.1, -0.05) is 37.8 Å². The van der Waals surface area contributed by atoms with Gasteiger partial charge in [0.2, 0.25) is 0 Å². The van der Waals surface area contributed by atoms with Gasteiger partial charge in [0.15, 0.2) is 0 Å². The van der Waals surface area contributed by atoms with Crippen LogP contribution in [0.5, 0.6) is 0 Å². The molecule has 0 heterocycles. The Balaban J connectivity index is 4.36. The summed E-state index contributed by atoms with van der Waals surface area (Å²) in [5.74, 6) is 0.539. The van der Waals surface area contributed by atoms with E-state index in [0.29, 0.717) is 39.6 Å². The first kappa shape index (κ1) is 34.8. The molecule has 0 aliphatic carbocycles. The van der Waals surface area contributed by atoms with Crippen molar-refractivity contribution >= 4 is 49.8 Å². The summed E-state index contributed by atoms with van der Waals surface area (Å²) in [5.41, 5.74) is -1.41. The molecule has 0 aromatic rings. The van der Waals surface area contributed by atoms with Crippen LogP contribution in [0.25, 0.3) is 0 Å². The summed E-state index contributed by atoms with van der Waals surface area (Å²) >= 11 is 6.42. The van der Waals surface area contributed by atoms with Gasteiger partial charge in [-0.15, -0.1) is 6.42 Å². The second-order valence-electron chi connectivity index (χ2n) is 8.89. The Morgan fingerprint density at radius 3 is 1.33 bits per heavy atom. The molecule has 0 radical (unpaired) electrons. The highest BCUT2D eigenvalue weighted by Gasteiger charge is 2.41. The van der Waals surface area contributed by atoms with Gasteiger partial charge in [-0.25, -0.2) is 0 Å². The van der Waals surface area contributed by atoms with Crippen molar-refractivity contribution in [3.63, 3.8) is 0 Å². The normalized spacial score (nSPS) is 12.1. The van der Waals surface area contributed by atoms with Crippen LogP contribution in [0.1, 0.15) is 34.6 Å². The zero-order valence-corrected chi connectivity index (χ0v) is 24.9. The van der Waals surface area contributed by atoms with E-state index in [2.05, 4.69) is 37.8 Å². The average molecular weight is 646 g/mol. The fourth-order valence-corrected chi connectivity index (χ4v) is 2.34. The Hall–Kier alpha value is -1.23. The fourth-order valence-electron chi connectivity index (χ4n) is 2.11. The minimum Gasteiger partial charge on any atom is -0.463 e. The SMILES string of the molecule is C#CCOCCOCCOCCOCCOC(=O)C(C)(COC(=O)C(C)(C)Br)COC(=O)C(C)(C)Br. The van der Waals surface area contributed by atoms with E-state index in [1.165, 1.54) is 6.92 Å². The van der Waals surface area contributed by atoms with Crippen LogP contribution < -0.4 is 0 Å². The molecule has 0 bridgehead atoms. The lowest BCUT2D eigenvalue weighted by atomic mass is 9.93. The predicted octanol–water partition coefficient (Wildman–Crippen LogP) is 2.67. The lowest BCUT2D eigenvalue weighted by Gasteiger charge is -2.28. The summed E-state index contributed by atoms with van der Waals surface area (Å²) in [4.78, 5) is 37.0. The van der Waals surface area contributed by atoms with Crippen molar-refractivity contribution in [1.29, 1.82) is 0 Å². The van der Waals surface area contributed by atoms with Crippen LogP contribution in [0.15, 0.2) is 0 Å². The highest BCUT2D eigenvalue weighted by atomic mass is 79.9. The highest BCUT2D eigenvalue weighted by molar-refractivity contribution is 9.10. The second-order valence-corrected chi connectivity index (χ2v) is 12.9. The van der Waals surface area contributed by atoms with Crippen LogP contribution in [0.2, 0.25) is 0 Å². The molecule has 0 saturated heterocycles. The molecular weight excluding hydrogens is 608 g/mol. The van der Waals surface area contributed by atoms with E-state index in [4.69, 9.17) is 39.6 Å². The maximum atomic E-state index is 12.8. The number of alkyl halides is 2. The van der Waals surface area contributed by atoms with Crippen molar-refractivity contribution in [2.75, 3.05) is 72.7 Å². The van der Waals surface area contributed by atoms with E-state index in [1.54, 1.807) is 27.7 Å². The number of esters is 3. The molecule has 0 aliphatic heterocycles. The first-order valence-electron chi connectivity index (χ1n) is 11.4. The third kappa shape index (κ3) is 16.5. The molecule has 0 aromatic carbocycles. The minimum atomic E-state index is -1.41. The molecule has 0 amide bonds. The molecule has 10 nitrogen and oxygen atoms in total. The standard InChI is InChI=1S/C24H38Br2O10/c1-7-8-30-9-10-31-11-12-32-13-14-33-15-16-34-21(29)24(6,17-35-19(27)22(2,3)25)18-36-20(28)23(4,5)26/h1H,8-18H2,2-6H3. The Labute approximate surface area is 230 Å². The van der Waals surface area contributed by atoms with Crippen molar-refractivity contribution in [1.82, 2.24) is 0 Å². The zero-order chi connectivity index (χ0) is 27.7. The fraction of sp³-hybridized carbons (Fsp3) is 0.792. The lowest BCUT2D eigenvalue weighted by Crippen LogP contribution is -2.43. The summed E-state index contributed by atoms with van der Waals surface area (Å²) < 4.78 is 35.1. The van der Waals surface area contributed by atoms with Gasteiger partial charge in [-0.2, -0.15) is 0 Å². The van der Waals surface area contributed by atoms with Crippen LogP contribution in [-0.2, 0) is 47.5 Å². The number of halogens is 2. The summed E-state index contributed by atoms with van der Waals surface area (Å²) in [6, 6.07) is 0. The van der Waals surface area contributed by atoms with Crippen molar-refractivity contribution in [2.45, 2.75) is 43.3 Å². The van der Waals surface area contributed by atoms with E-state index < -0.39 is 32.0 Å². The molecule has 12 heteroatoms. The van der Waals surface area contributed by atoms with Gasteiger partial charge in [0.1, 0.15) is 40.5 Å². The Bertz CT molecular complexity index is 677. The first-order valence-corrected chi connectivity index (χ1v) is 13.0. The Morgan fingerprint density at radius 2 is 0.972 bits per heavy atom. The molecule has 0 atom stereocenters. The van der Waals surface area contributed by atoms with Gasteiger partial charge >= 0.3 is 17.9 Å². The molecule has 0 aliphatic rings. The zero-order valence-electron chi connectivity index (χ0n) is 21.7. The molecule has 0 unspecified atom stereocenters. The van der Waals surface area contributed by atoms with Crippen LogP contribution in [0.4, 0.5) is 0 Å². The molecule has 0 N–H and O–H groups in total. The summed E-state index contributed by atoms with van der Waals surface area (Å²) in [6.07, 6.45) is 5.06. The topological polar surface area (TPSA) is 116 Å². The molecule has 0 fully saturated rings. The van der Waals surface area contributed by atoms with Gasteiger partial charge in [-0.05, 0) is 34.6 Å². The third-order valence-corrected chi connectivity index (χ3v) is 4.92. The number of hydrogen-bond donors (Lipinski definition) is 0. The molecule has 0 spiro atoms. The van der Waals surface area contributed by atoms with Crippen LogP contribution in [0, 0.1) is 17.8 Å². The van der Waals surface area contributed by atoms with E-state index in [-0.39, 0.29) is 33.0 Å². The van der Waals surface area contributed by atoms with Gasteiger partial charge < -0.3 is 33.2 Å². The van der Waals surface area contributed by atoms with Gasteiger partial charge in [0.25, 0.3) is 0 Å². The van der Waals surface area contributed by atoms with Crippen molar-refractivity contribution in [3.8, 4) is 12.3 Å². The quantitative estimate of drug-likeness (QED) is 0.0643. The largest absolute Gasteiger partial charge is 0.463 e. The second kappa shape index (κ2) is 18.1. The summed E-state index contributed by atoms with van der Waals surface area (Å²) in [5, 5.41) is 0. The van der Waals surface area contributed by atoms with Gasteiger partial charge in [0.05, 0.1) is 46.2 Å². The minimum absolute atomic E-state index is 0.0367. The van der Waals surface area contributed by atoms with Crippen molar-refractivity contribution < 1.29 is 47.5 Å². The number of carbonyl (C=O) groups is 3. The molecular formula is C24H38Br2O10. The molecule has 0 saturated carbocycles. The first-order chi connectivity index (χ1) is 16.7. The number of hydrogen-bond acceptors (Lipinski definition) is 10. The van der Waals surface area contributed by atoms with Crippen LogP contribution in [0.3, 0.4) is 0 Å².